The van der Waals surface area contributed by atoms with Gasteiger partial charge in [-0.15, -0.1) is 0 Å². The van der Waals surface area contributed by atoms with Gasteiger partial charge < -0.3 is 28.4 Å². The summed E-state index contributed by atoms with van der Waals surface area (Å²) in [6.45, 7) is 39.9. The standard InChI is InChI=1S/C31H40O2.C29H44O2.C28H34O2.6H2S/c1-24(2)29(27-12-8-6-9-13-27)22-32-20-25-16-18-26(19-17-25)21-33-23-30(31(3,4)5)28-14-10-7-11-15-28;1-24(2)27(25-16-10-8-11-17-25)22-30-20-14-6-7-15-21-31-23-28(29(3,4)5)26-18-12-9-13-19-26;1-23(2)27(25-15-9-7-10-16-25)21-29-19-13-5-6-14-20-30-22-28(24(3)4)26-17-11-8-12-18-26;;;;;;/h6-19,24,29-30H,20-23H2,1-5H3;8-13,16-19,24,27-28H,6-7,14-15,20-23H2,1-5H3;7-12,15-18,23-24,27-28H,19-22H2,1-4H3;6*1H2/t29-,30+;27-,28+;27-,28?;;;;;;/m000....../s1. The van der Waals surface area contributed by atoms with E-state index in [4.69, 9.17) is 28.4 Å². The molecular formula is C88H130O6S6. The predicted octanol–water partition coefficient (Wildman–Crippen LogP) is 22.4. The summed E-state index contributed by atoms with van der Waals surface area (Å²) in [4.78, 5) is 0. The average Bonchev–Trinajstić information content (AvgIpc) is 0.856. The Kier molecular flexibility index (Phi) is 54.6. The van der Waals surface area contributed by atoms with Crippen LogP contribution in [-0.4, -0.2) is 66.1 Å². The lowest BCUT2D eigenvalue weighted by atomic mass is 9.77. The molecule has 0 radical (unpaired) electrons. The molecule has 554 valence electrons. The molecule has 6 nitrogen and oxygen atoms in total. The van der Waals surface area contributed by atoms with Crippen molar-refractivity contribution in [1.29, 1.82) is 0 Å². The van der Waals surface area contributed by atoms with Crippen molar-refractivity contribution < 1.29 is 28.4 Å². The largest absolute Gasteiger partial charge is 0.381 e. The van der Waals surface area contributed by atoms with Crippen LogP contribution in [0.2, 0.25) is 0 Å². The van der Waals surface area contributed by atoms with Crippen molar-refractivity contribution in [2.45, 2.75) is 171 Å². The molecule has 1 unspecified atom stereocenters. The zero-order valence-corrected chi connectivity index (χ0v) is 69.2. The van der Waals surface area contributed by atoms with Crippen LogP contribution in [-0.2, 0) is 41.6 Å². The van der Waals surface area contributed by atoms with Gasteiger partial charge in [0.25, 0.3) is 0 Å². The lowest BCUT2D eigenvalue weighted by Gasteiger charge is -2.31. The molecule has 100 heavy (non-hydrogen) atoms. The Hall–Kier alpha value is -4.48. The first-order valence-electron chi connectivity index (χ1n) is 35.1. The van der Waals surface area contributed by atoms with Crippen LogP contribution in [0.15, 0.2) is 206 Å². The Morgan fingerprint density at radius 2 is 0.500 bits per heavy atom. The molecule has 0 aliphatic rings. The van der Waals surface area contributed by atoms with E-state index in [1.165, 1.54) is 57.3 Å². The quantitative estimate of drug-likeness (QED) is 0.0291. The normalized spacial score (nSPS) is 12.7. The molecule has 7 aromatic carbocycles. The van der Waals surface area contributed by atoms with Gasteiger partial charge in [-0.1, -0.05) is 328 Å². The number of unbranched alkanes of at least 4 members (excludes halogenated alkanes) is 3. The van der Waals surface area contributed by atoms with Gasteiger partial charge in [-0.3, -0.25) is 0 Å². The van der Waals surface area contributed by atoms with Crippen LogP contribution >= 0.6 is 81.0 Å². The molecule has 0 fully saturated rings. The third kappa shape index (κ3) is 38.9. The average molecular weight is 1480 g/mol. The number of ether oxygens (including phenoxy) is 6. The van der Waals surface area contributed by atoms with E-state index < -0.39 is 0 Å². The maximum atomic E-state index is 6.16. The number of hydrogen-bond donors (Lipinski definition) is 0. The van der Waals surface area contributed by atoms with Crippen molar-refractivity contribution in [2.75, 3.05) is 66.1 Å². The summed E-state index contributed by atoms with van der Waals surface area (Å²) in [5.41, 5.74) is 10.8. The molecule has 0 heterocycles. The van der Waals surface area contributed by atoms with Crippen LogP contribution in [0, 0.1) is 58.2 Å². The second-order valence-electron chi connectivity index (χ2n) is 28.7. The highest BCUT2D eigenvalue weighted by molar-refractivity contribution is 7.60. The number of hydrogen-bond acceptors (Lipinski definition) is 6. The molecule has 0 amide bonds. The lowest BCUT2D eigenvalue weighted by Crippen LogP contribution is -2.23. The summed E-state index contributed by atoms with van der Waals surface area (Å²) >= 11 is 0. The van der Waals surface area contributed by atoms with Crippen molar-refractivity contribution >= 4 is 81.0 Å². The number of rotatable bonds is 35. The first-order valence-corrected chi connectivity index (χ1v) is 35.1. The summed E-state index contributed by atoms with van der Waals surface area (Å²) < 4.78 is 35.9. The third-order valence-electron chi connectivity index (χ3n) is 17.9. The fourth-order valence-corrected chi connectivity index (χ4v) is 11.7. The molecule has 0 aliphatic heterocycles. The molecule has 0 spiro atoms. The van der Waals surface area contributed by atoms with E-state index in [0.717, 1.165) is 45.9 Å². The van der Waals surface area contributed by atoms with E-state index >= 15 is 0 Å². The Morgan fingerprint density at radius 1 is 0.270 bits per heavy atom. The third-order valence-corrected chi connectivity index (χ3v) is 17.9. The summed E-state index contributed by atoms with van der Waals surface area (Å²) in [5.74, 6) is 16.3. The van der Waals surface area contributed by atoms with Gasteiger partial charge in [0.2, 0.25) is 0 Å². The highest BCUT2D eigenvalue weighted by atomic mass is 32.1. The van der Waals surface area contributed by atoms with E-state index in [1.54, 1.807) is 0 Å². The number of benzene rings is 7. The monoisotopic (exact) mass is 1470 g/mol. The lowest BCUT2D eigenvalue weighted by molar-refractivity contribution is 0.0769. The highest BCUT2D eigenvalue weighted by Crippen LogP contribution is 2.37. The van der Waals surface area contributed by atoms with Gasteiger partial charge in [0.1, 0.15) is 13.2 Å². The van der Waals surface area contributed by atoms with Crippen LogP contribution in [0.1, 0.15) is 203 Å². The molecule has 12 heteroatoms. The van der Waals surface area contributed by atoms with Gasteiger partial charge in [0, 0.05) is 48.7 Å². The van der Waals surface area contributed by atoms with Gasteiger partial charge >= 0.3 is 0 Å². The molecule has 0 N–H and O–H groups in total. The van der Waals surface area contributed by atoms with E-state index in [0.29, 0.717) is 105 Å². The zero-order valence-electron chi connectivity index (χ0n) is 63.2. The van der Waals surface area contributed by atoms with Gasteiger partial charge in [0.05, 0.1) is 52.9 Å². The Labute approximate surface area is 650 Å². The summed E-state index contributed by atoms with van der Waals surface area (Å²) in [5, 5.41) is 0. The molecule has 6 atom stereocenters. The van der Waals surface area contributed by atoms with Gasteiger partial charge in [-0.25, -0.2) is 0 Å². The molecule has 0 bridgehead atoms. The molecular weight excluding hydrogens is 1350 g/mol. The Balaban J connectivity index is 0. The fraction of sp³-hybridized carbons (Fsp3) is 0.477. The van der Waals surface area contributed by atoms with Crippen LogP contribution in [0.3, 0.4) is 0 Å². The summed E-state index contributed by atoms with van der Waals surface area (Å²) in [6, 6.07) is 72.6. The summed E-state index contributed by atoms with van der Waals surface area (Å²) in [6.07, 6.45) is 4.68. The molecule has 0 aliphatic carbocycles. The highest BCUT2D eigenvalue weighted by Gasteiger charge is 2.28. The van der Waals surface area contributed by atoms with E-state index in [-0.39, 0.29) is 91.8 Å². The van der Waals surface area contributed by atoms with Crippen molar-refractivity contribution in [3.8, 4) is 23.7 Å². The van der Waals surface area contributed by atoms with Crippen molar-refractivity contribution in [2.24, 2.45) is 34.5 Å². The van der Waals surface area contributed by atoms with E-state index in [1.807, 2.05) is 12.1 Å². The van der Waals surface area contributed by atoms with E-state index in [2.05, 4.69) is 315 Å². The van der Waals surface area contributed by atoms with Crippen molar-refractivity contribution in [1.82, 2.24) is 0 Å². The molecule has 7 aromatic rings. The molecule has 0 saturated carbocycles. The van der Waals surface area contributed by atoms with Gasteiger partial charge in [-0.05, 0) is 104 Å². The van der Waals surface area contributed by atoms with Crippen LogP contribution in [0.25, 0.3) is 0 Å². The Morgan fingerprint density at radius 3 is 0.770 bits per heavy atom. The van der Waals surface area contributed by atoms with Gasteiger partial charge in [0.15, 0.2) is 0 Å². The van der Waals surface area contributed by atoms with E-state index in [9.17, 15) is 0 Å². The topological polar surface area (TPSA) is 55.4 Å². The minimum Gasteiger partial charge on any atom is -0.381 e. The second-order valence-corrected chi connectivity index (χ2v) is 28.7. The minimum absolute atomic E-state index is 0. The van der Waals surface area contributed by atoms with Gasteiger partial charge in [-0.2, -0.15) is 81.0 Å². The molecule has 0 aromatic heterocycles. The van der Waals surface area contributed by atoms with Crippen molar-refractivity contribution in [3.05, 3.63) is 251 Å². The molecule has 7 rings (SSSR count). The molecule has 0 saturated heterocycles. The maximum Gasteiger partial charge on any atom is 0.108 e. The fourth-order valence-electron chi connectivity index (χ4n) is 11.7. The van der Waals surface area contributed by atoms with Crippen LogP contribution in [0.4, 0.5) is 0 Å². The SMILES string of the molecule is CC(C)C(COCC#CC#CCOC[C@H](c1ccccc1)C(C)C)c1ccccc1.CC(C)[C@H](COCCCCCCOC[C@H](c1ccccc1)C(C)(C)C)c1ccccc1.CC(C)[C@H](COCc1ccc(COC[C@H](c2ccccc2)C(C)(C)C)cc1)c1ccccc1.S.S.S.S.S.S. The zero-order chi connectivity index (χ0) is 67.8. The maximum absolute atomic E-state index is 6.16. The van der Waals surface area contributed by atoms with Crippen LogP contribution < -0.4 is 0 Å². The summed E-state index contributed by atoms with van der Waals surface area (Å²) in [7, 11) is 0. The smallest absolute Gasteiger partial charge is 0.108 e. The first-order chi connectivity index (χ1) is 45.3. The first kappa shape index (κ1) is 97.6. The second kappa shape index (κ2) is 56.0. The predicted molar refractivity (Wildman–Crippen MR) is 459 cm³/mol. The van der Waals surface area contributed by atoms with Crippen molar-refractivity contribution in [3.63, 3.8) is 0 Å². The Bertz CT molecular complexity index is 3090. The minimum atomic E-state index is 0. The van der Waals surface area contributed by atoms with Crippen LogP contribution in [0.5, 0.6) is 0 Å².